The molecule has 0 unspecified atom stereocenters. The zero-order valence-electron chi connectivity index (χ0n) is 19.0. The van der Waals surface area contributed by atoms with E-state index in [0.29, 0.717) is 0 Å². The molecule has 7 heteroatoms. The van der Waals surface area contributed by atoms with E-state index in [1.807, 2.05) is 39.1 Å². The highest BCUT2D eigenvalue weighted by molar-refractivity contribution is 9.10. The van der Waals surface area contributed by atoms with Gasteiger partial charge in [0, 0.05) is 22.6 Å². The third-order valence-electron chi connectivity index (χ3n) is 5.42. The van der Waals surface area contributed by atoms with Crippen molar-refractivity contribution in [2.75, 3.05) is 12.4 Å². The molecule has 0 fully saturated rings. The molecule has 0 aliphatic carbocycles. The highest BCUT2D eigenvalue weighted by Gasteiger charge is 2.23. The summed E-state index contributed by atoms with van der Waals surface area (Å²) in [5.41, 5.74) is 7.03. The van der Waals surface area contributed by atoms with Crippen molar-refractivity contribution in [2.45, 2.75) is 40.0 Å². The summed E-state index contributed by atoms with van der Waals surface area (Å²) in [5, 5.41) is 8.29. The highest BCUT2D eigenvalue weighted by Crippen LogP contribution is 2.36. The third kappa shape index (κ3) is 3.82. The van der Waals surface area contributed by atoms with Crippen molar-refractivity contribution in [3.8, 4) is 11.4 Å². The van der Waals surface area contributed by atoms with Crippen LogP contribution in [-0.2, 0) is 12.5 Å². The van der Waals surface area contributed by atoms with Crippen molar-refractivity contribution in [3.63, 3.8) is 0 Å². The summed E-state index contributed by atoms with van der Waals surface area (Å²) < 4.78 is 10.7. The van der Waals surface area contributed by atoms with Crippen molar-refractivity contribution in [1.29, 1.82) is 0 Å². The van der Waals surface area contributed by atoms with Gasteiger partial charge in [0.15, 0.2) is 0 Å². The van der Waals surface area contributed by atoms with Gasteiger partial charge in [0.1, 0.15) is 5.75 Å². The smallest absolute Gasteiger partial charge is 0.208 e. The van der Waals surface area contributed by atoms with Gasteiger partial charge in [-0.25, -0.2) is 9.67 Å². The van der Waals surface area contributed by atoms with Gasteiger partial charge in [0.2, 0.25) is 5.95 Å². The number of anilines is 2. The quantitative estimate of drug-likeness (QED) is 0.377. The normalized spacial score (nSPS) is 11.9. The van der Waals surface area contributed by atoms with Gasteiger partial charge in [-0.05, 0) is 49.7 Å². The number of ether oxygens (including phenoxy) is 1. The lowest BCUT2D eigenvalue weighted by atomic mass is 9.91. The molecule has 0 spiro atoms. The van der Waals surface area contributed by atoms with Gasteiger partial charge in [-0.1, -0.05) is 42.8 Å². The topological polar surface area (TPSA) is 56.9 Å². The second kappa shape index (κ2) is 7.71. The summed E-state index contributed by atoms with van der Waals surface area (Å²) in [7, 11) is 3.70. The Balaban J connectivity index is 1.89. The van der Waals surface area contributed by atoms with Crippen LogP contribution in [0.5, 0.6) is 5.75 Å². The van der Waals surface area contributed by atoms with Crippen LogP contribution in [0.4, 0.5) is 11.6 Å². The molecule has 0 aliphatic rings. The van der Waals surface area contributed by atoms with Crippen LogP contribution in [0.2, 0.25) is 0 Å². The van der Waals surface area contributed by atoms with Gasteiger partial charge in [0.25, 0.3) is 0 Å². The lowest BCUT2D eigenvalue weighted by Crippen LogP contribution is -2.18. The van der Waals surface area contributed by atoms with Gasteiger partial charge < -0.3 is 14.6 Å². The number of nitrogens with one attached hydrogen (secondary N) is 1. The minimum atomic E-state index is -0.0367. The molecule has 0 atom stereocenters. The first-order chi connectivity index (χ1) is 14.6. The number of aryl methyl sites for hydroxylation is 3. The van der Waals surface area contributed by atoms with Crippen LogP contribution in [0.3, 0.4) is 0 Å². The molecule has 4 aromatic rings. The van der Waals surface area contributed by atoms with Crippen molar-refractivity contribution < 1.29 is 4.74 Å². The fourth-order valence-electron chi connectivity index (χ4n) is 3.89. The number of methoxy groups -OCH3 is 1. The highest BCUT2D eigenvalue weighted by atomic mass is 79.9. The predicted molar refractivity (Wildman–Crippen MR) is 130 cm³/mol. The minimum Gasteiger partial charge on any atom is -0.495 e. The van der Waals surface area contributed by atoms with E-state index in [9.17, 15) is 0 Å². The van der Waals surface area contributed by atoms with E-state index >= 15 is 0 Å². The SMILES string of the molecule is COc1cc(Br)cc(C)c1Nc1nc2cccc(-n3nc(C)cc3C(C)(C)C)c2n1C. The van der Waals surface area contributed by atoms with Crippen molar-refractivity contribution in [1.82, 2.24) is 19.3 Å². The molecule has 4 rings (SSSR count). The number of nitrogens with zero attached hydrogens (tertiary/aromatic N) is 4. The molecule has 0 radical (unpaired) electrons. The largest absolute Gasteiger partial charge is 0.495 e. The minimum absolute atomic E-state index is 0.0367. The first kappa shape index (κ1) is 21.4. The summed E-state index contributed by atoms with van der Waals surface area (Å²) in [6.07, 6.45) is 0. The van der Waals surface area contributed by atoms with Crippen LogP contribution >= 0.6 is 15.9 Å². The van der Waals surface area contributed by atoms with Gasteiger partial charge >= 0.3 is 0 Å². The number of halogens is 1. The Labute approximate surface area is 191 Å². The molecular formula is C24H28BrN5O. The summed E-state index contributed by atoms with van der Waals surface area (Å²) in [6.45, 7) is 10.7. The van der Waals surface area contributed by atoms with Crippen molar-refractivity contribution in [2.24, 2.45) is 7.05 Å². The molecule has 0 bridgehead atoms. The number of hydrogen-bond donors (Lipinski definition) is 1. The summed E-state index contributed by atoms with van der Waals surface area (Å²) in [6, 6.07) is 12.3. The Kier molecular flexibility index (Phi) is 5.33. The average molecular weight is 482 g/mol. The Morgan fingerprint density at radius 3 is 2.52 bits per heavy atom. The lowest BCUT2D eigenvalue weighted by molar-refractivity contribution is 0.416. The van der Waals surface area contributed by atoms with Gasteiger partial charge in [0.05, 0.1) is 35.2 Å². The van der Waals surface area contributed by atoms with Gasteiger partial charge in [-0.2, -0.15) is 5.10 Å². The molecule has 31 heavy (non-hydrogen) atoms. The maximum Gasteiger partial charge on any atom is 0.208 e. The Morgan fingerprint density at radius 2 is 1.84 bits per heavy atom. The first-order valence-corrected chi connectivity index (χ1v) is 11.0. The van der Waals surface area contributed by atoms with Gasteiger partial charge in [-0.3, -0.25) is 0 Å². The van der Waals surface area contributed by atoms with E-state index in [1.54, 1.807) is 7.11 Å². The van der Waals surface area contributed by atoms with Crippen LogP contribution in [0, 0.1) is 13.8 Å². The van der Waals surface area contributed by atoms with Crippen molar-refractivity contribution in [3.05, 3.63) is 57.8 Å². The molecular weight excluding hydrogens is 454 g/mol. The molecule has 2 aromatic carbocycles. The van der Waals surface area contributed by atoms with E-state index in [0.717, 1.165) is 49.8 Å². The zero-order chi connectivity index (χ0) is 22.5. The number of fused-ring (bicyclic) bond motifs is 1. The zero-order valence-corrected chi connectivity index (χ0v) is 20.6. The number of para-hydroxylation sites is 1. The average Bonchev–Trinajstić information content (AvgIpc) is 3.24. The Bertz CT molecular complexity index is 1280. The molecule has 162 valence electrons. The van der Waals surface area contributed by atoms with Crippen LogP contribution in [0.1, 0.15) is 37.7 Å². The third-order valence-corrected chi connectivity index (χ3v) is 5.88. The summed E-state index contributed by atoms with van der Waals surface area (Å²) >= 11 is 3.54. The molecule has 2 aromatic heterocycles. The summed E-state index contributed by atoms with van der Waals surface area (Å²) in [5.74, 6) is 1.50. The predicted octanol–water partition coefficient (Wildman–Crippen LogP) is 6.19. The maximum absolute atomic E-state index is 5.60. The molecule has 1 N–H and O–H groups in total. The number of imidazole rings is 1. The second-order valence-electron chi connectivity index (χ2n) is 8.90. The molecule has 6 nitrogen and oxygen atoms in total. The van der Waals surface area contributed by atoms with E-state index in [-0.39, 0.29) is 5.41 Å². The fourth-order valence-corrected chi connectivity index (χ4v) is 4.45. The molecule has 0 saturated carbocycles. The molecule has 0 saturated heterocycles. The first-order valence-electron chi connectivity index (χ1n) is 10.2. The number of hydrogen-bond acceptors (Lipinski definition) is 4. The lowest BCUT2D eigenvalue weighted by Gasteiger charge is -2.21. The summed E-state index contributed by atoms with van der Waals surface area (Å²) in [4.78, 5) is 4.87. The molecule has 2 heterocycles. The van der Waals surface area contributed by atoms with E-state index < -0.39 is 0 Å². The Hall–Kier alpha value is -2.80. The Morgan fingerprint density at radius 1 is 1.10 bits per heavy atom. The number of benzene rings is 2. The van der Waals surface area contributed by atoms with Crippen molar-refractivity contribution >= 4 is 38.6 Å². The standard InChI is InChI=1S/C24H28BrN5O/c1-14-11-16(25)13-19(31-7)21(14)27-23-26-17-9-8-10-18(22(17)29(23)6)30-20(24(3,4)5)12-15(2)28-30/h8-13H,1-7H3,(H,26,27). The van der Waals surface area contributed by atoms with Crippen LogP contribution < -0.4 is 10.1 Å². The fraction of sp³-hybridized carbons (Fsp3) is 0.333. The van der Waals surface area contributed by atoms with E-state index in [2.05, 4.69) is 69.5 Å². The van der Waals surface area contributed by atoms with Crippen LogP contribution in [-0.4, -0.2) is 26.4 Å². The van der Waals surface area contributed by atoms with Gasteiger partial charge in [-0.15, -0.1) is 0 Å². The van der Waals surface area contributed by atoms with Crippen LogP contribution in [0.25, 0.3) is 16.7 Å². The number of aromatic nitrogens is 4. The monoisotopic (exact) mass is 481 g/mol. The maximum atomic E-state index is 5.60. The molecule has 0 amide bonds. The molecule has 0 aliphatic heterocycles. The van der Waals surface area contributed by atoms with E-state index in [4.69, 9.17) is 14.8 Å². The van der Waals surface area contributed by atoms with Crippen LogP contribution in [0.15, 0.2) is 40.9 Å². The van der Waals surface area contributed by atoms with E-state index in [1.165, 1.54) is 5.69 Å². The second-order valence-corrected chi connectivity index (χ2v) is 9.81. The number of rotatable bonds is 4.